The van der Waals surface area contributed by atoms with E-state index in [0.717, 1.165) is 28.3 Å². The van der Waals surface area contributed by atoms with Gasteiger partial charge in [-0.3, -0.25) is 0 Å². The second-order valence-electron chi connectivity index (χ2n) is 13.3. The van der Waals surface area contributed by atoms with Crippen LogP contribution < -0.4 is 10.1 Å². The van der Waals surface area contributed by atoms with E-state index >= 15 is 0 Å². The predicted molar refractivity (Wildman–Crippen MR) is 216 cm³/mol. The van der Waals surface area contributed by atoms with Gasteiger partial charge in [-0.1, -0.05) is 152 Å². The Kier molecular flexibility index (Phi) is 7.18. The van der Waals surface area contributed by atoms with E-state index in [1.54, 1.807) is 0 Å². The summed E-state index contributed by atoms with van der Waals surface area (Å²) in [6, 6.07) is 58.7. The molecule has 2 heterocycles. The van der Waals surface area contributed by atoms with Crippen LogP contribution >= 0.6 is 11.3 Å². The molecular formula is C48H33NOS. The summed E-state index contributed by atoms with van der Waals surface area (Å²) in [4.78, 5) is 0. The Balaban J connectivity index is 0.930. The highest BCUT2D eigenvalue weighted by Crippen LogP contribution is 2.50. The molecule has 0 saturated heterocycles. The summed E-state index contributed by atoms with van der Waals surface area (Å²) in [6.07, 6.45) is 6.61. The van der Waals surface area contributed by atoms with E-state index in [2.05, 4.69) is 187 Å². The largest absolute Gasteiger partial charge is 0.483 e. The number of allylic oxidation sites excluding steroid dienone is 2. The molecule has 51 heavy (non-hydrogen) atoms. The Morgan fingerprint density at radius 2 is 1.22 bits per heavy atom. The molecule has 1 aromatic heterocycles. The summed E-state index contributed by atoms with van der Waals surface area (Å²) in [6.45, 7) is 0. The number of anilines is 2. The van der Waals surface area contributed by atoms with Crippen LogP contribution in [-0.4, -0.2) is 6.10 Å². The SMILES string of the molecule is C1=CC(c2ccc(Nc3ccccc3-c3cccc4c3sc3ccccc34)cc2)C2Oc3c(cccc3-c3cccc(-c4ccccc4)c3)C2=C1. The molecule has 0 bridgehead atoms. The molecule has 7 aromatic carbocycles. The first kappa shape index (κ1) is 29.7. The van der Waals surface area contributed by atoms with E-state index in [4.69, 9.17) is 4.74 Å². The van der Waals surface area contributed by atoms with Gasteiger partial charge in [0.1, 0.15) is 11.9 Å². The smallest absolute Gasteiger partial charge is 0.135 e. The highest BCUT2D eigenvalue weighted by molar-refractivity contribution is 7.26. The van der Waals surface area contributed by atoms with E-state index < -0.39 is 0 Å². The number of ether oxygens (including phenoxy) is 1. The van der Waals surface area contributed by atoms with Gasteiger partial charge >= 0.3 is 0 Å². The van der Waals surface area contributed by atoms with Crippen molar-refractivity contribution in [3.05, 3.63) is 193 Å². The van der Waals surface area contributed by atoms with E-state index in [-0.39, 0.29) is 12.0 Å². The monoisotopic (exact) mass is 671 g/mol. The zero-order valence-corrected chi connectivity index (χ0v) is 28.6. The molecule has 1 N–H and O–H groups in total. The topological polar surface area (TPSA) is 21.3 Å². The maximum Gasteiger partial charge on any atom is 0.135 e. The predicted octanol–water partition coefficient (Wildman–Crippen LogP) is 13.3. The summed E-state index contributed by atoms with van der Waals surface area (Å²) in [5.74, 6) is 1.07. The van der Waals surface area contributed by atoms with Gasteiger partial charge in [0.2, 0.25) is 0 Å². The number of fused-ring (bicyclic) bond motifs is 6. The summed E-state index contributed by atoms with van der Waals surface area (Å²) in [5, 5.41) is 6.37. The number of rotatable bonds is 6. The molecule has 8 aromatic rings. The van der Waals surface area contributed by atoms with Crippen LogP contribution in [0.15, 0.2) is 182 Å². The second-order valence-corrected chi connectivity index (χ2v) is 14.3. The first-order valence-electron chi connectivity index (χ1n) is 17.5. The summed E-state index contributed by atoms with van der Waals surface area (Å²) < 4.78 is 9.56. The quantitative estimate of drug-likeness (QED) is 0.190. The number of hydrogen-bond donors (Lipinski definition) is 1. The van der Waals surface area contributed by atoms with Crippen molar-refractivity contribution in [2.75, 3.05) is 5.32 Å². The van der Waals surface area contributed by atoms with Gasteiger partial charge in [0.05, 0.1) is 0 Å². The minimum atomic E-state index is -0.0789. The fourth-order valence-corrected chi connectivity index (χ4v) is 9.04. The normalized spacial score (nSPS) is 16.0. The maximum absolute atomic E-state index is 6.92. The molecular weight excluding hydrogens is 639 g/mol. The highest BCUT2D eigenvalue weighted by atomic mass is 32.1. The third kappa shape index (κ3) is 5.17. The molecule has 1 aliphatic carbocycles. The van der Waals surface area contributed by atoms with Gasteiger partial charge in [0, 0.05) is 65.3 Å². The number of benzene rings is 7. The average Bonchev–Trinajstić information content (AvgIpc) is 3.78. The van der Waals surface area contributed by atoms with Gasteiger partial charge in [-0.2, -0.15) is 0 Å². The van der Waals surface area contributed by atoms with Gasteiger partial charge in [-0.05, 0) is 52.6 Å². The van der Waals surface area contributed by atoms with Crippen molar-refractivity contribution >= 4 is 48.5 Å². The van der Waals surface area contributed by atoms with Crippen LogP contribution in [0.2, 0.25) is 0 Å². The van der Waals surface area contributed by atoms with Gasteiger partial charge in [-0.25, -0.2) is 0 Å². The van der Waals surface area contributed by atoms with E-state index in [9.17, 15) is 0 Å². The van der Waals surface area contributed by atoms with Crippen LogP contribution in [-0.2, 0) is 0 Å². The average molecular weight is 672 g/mol. The molecule has 2 atom stereocenters. The molecule has 10 rings (SSSR count). The fourth-order valence-electron chi connectivity index (χ4n) is 7.81. The van der Waals surface area contributed by atoms with E-state index in [1.807, 2.05) is 11.3 Å². The van der Waals surface area contributed by atoms with Gasteiger partial charge in [0.25, 0.3) is 0 Å². The van der Waals surface area contributed by atoms with Crippen LogP contribution in [0.25, 0.3) is 59.1 Å². The minimum Gasteiger partial charge on any atom is -0.483 e. The van der Waals surface area contributed by atoms with Crippen molar-refractivity contribution in [1.82, 2.24) is 0 Å². The van der Waals surface area contributed by atoms with Crippen molar-refractivity contribution in [3.63, 3.8) is 0 Å². The van der Waals surface area contributed by atoms with Crippen LogP contribution in [0.5, 0.6) is 5.75 Å². The van der Waals surface area contributed by atoms with Gasteiger partial charge in [0.15, 0.2) is 0 Å². The van der Waals surface area contributed by atoms with Crippen LogP contribution in [0.3, 0.4) is 0 Å². The molecule has 2 aliphatic rings. The number of thiophene rings is 1. The Bertz CT molecular complexity index is 2650. The van der Waals surface area contributed by atoms with Crippen LogP contribution in [0.4, 0.5) is 11.4 Å². The van der Waals surface area contributed by atoms with Crippen LogP contribution in [0, 0.1) is 0 Å². The number of para-hydroxylation sites is 2. The third-order valence-corrected chi connectivity index (χ3v) is 11.5. The summed E-state index contributed by atoms with van der Waals surface area (Å²) in [5.41, 5.74) is 13.0. The molecule has 2 nitrogen and oxygen atoms in total. The molecule has 2 unspecified atom stereocenters. The Morgan fingerprint density at radius 3 is 2.14 bits per heavy atom. The summed E-state index contributed by atoms with van der Waals surface area (Å²) >= 11 is 1.87. The van der Waals surface area contributed by atoms with E-state index in [1.165, 1.54) is 59.1 Å². The van der Waals surface area contributed by atoms with Crippen molar-refractivity contribution < 1.29 is 4.74 Å². The standard InChI is InChI=1S/C48H33NOS/c1-2-12-31(13-3-1)33-14-8-15-34(30-33)37-19-10-21-41-40-20-9-18-36(46(40)50-47(37)41)32-26-28-35(29-27-32)49-44-24-6-4-16-38(44)42-22-11-23-43-39-17-5-7-25-45(39)51-48(42)43/h1-30,36,46,49H. The zero-order chi connectivity index (χ0) is 33.7. The molecule has 0 saturated carbocycles. The minimum absolute atomic E-state index is 0.0789. The van der Waals surface area contributed by atoms with Crippen molar-refractivity contribution in [2.45, 2.75) is 12.0 Å². The lowest BCUT2D eigenvalue weighted by Crippen LogP contribution is -2.23. The zero-order valence-electron chi connectivity index (χ0n) is 27.8. The highest BCUT2D eigenvalue weighted by Gasteiger charge is 2.37. The molecule has 0 amide bonds. The number of nitrogens with one attached hydrogen (secondary N) is 1. The van der Waals surface area contributed by atoms with Crippen molar-refractivity contribution in [3.8, 4) is 39.1 Å². The molecule has 3 heteroatoms. The second kappa shape index (κ2) is 12.3. The summed E-state index contributed by atoms with van der Waals surface area (Å²) in [7, 11) is 0. The first-order chi connectivity index (χ1) is 25.3. The van der Waals surface area contributed by atoms with Crippen LogP contribution in [0.1, 0.15) is 17.0 Å². The van der Waals surface area contributed by atoms with E-state index in [0.29, 0.717) is 0 Å². The van der Waals surface area contributed by atoms with Gasteiger partial charge in [-0.15, -0.1) is 11.3 Å². The Hall–Kier alpha value is -6.16. The molecule has 242 valence electrons. The molecule has 0 spiro atoms. The molecule has 1 aliphatic heterocycles. The lowest BCUT2D eigenvalue weighted by atomic mass is 9.84. The molecule has 0 radical (unpaired) electrons. The lowest BCUT2D eigenvalue weighted by Gasteiger charge is -2.25. The van der Waals surface area contributed by atoms with Crippen molar-refractivity contribution in [1.29, 1.82) is 0 Å². The fraction of sp³-hybridized carbons (Fsp3) is 0.0417. The Labute approximate surface area is 301 Å². The molecule has 0 fully saturated rings. The number of hydrogen-bond acceptors (Lipinski definition) is 3. The maximum atomic E-state index is 6.92. The van der Waals surface area contributed by atoms with Crippen molar-refractivity contribution in [2.24, 2.45) is 0 Å². The lowest BCUT2D eigenvalue weighted by molar-refractivity contribution is 0.259. The Morgan fingerprint density at radius 1 is 0.529 bits per heavy atom. The first-order valence-corrected chi connectivity index (χ1v) is 18.3. The van der Waals surface area contributed by atoms with Gasteiger partial charge < -0.3 is 10.1 Å². The third-order valence-electron chi connectivity index (χ3n) is 10.3.